The van der Waals surface area contributed by atoms with Crippen molar-refractivity contribution in [2.45, 2.75) is 34.2 Å². The summed E-state index contributed by atoms with van der Waals surface area (Å²) in [6.45, 7) is 13.8. The number of furan rings is 1. The van der Waals surface area contributed by atoms with E-state index in [0.29, 0.717) is 0 Å². The Morgan fingerprint density at radius 2 is 1.64 bits per heavy atom. The molecule has 3 nitrogen and oxygen atoms in total. The van der Waals surface area contributed by atoms with Gasteiger partial charge in [-0.2, -0.15) is 0 Å². The van der Waals surface area contributed by atoms with Gasteiger partial charge >= 0.3 is 0 Å². The predicted molar refractivity (Wildman–Crippen MR) is 91.6 cm³/mol. The van der Waals surface area contributed by atoms with E-state index in [1.807, 2.05) is 6.92 Å². The van der Waals surface area contributed by atoms with Crippen molar-refractivity contribution < 1.29 is 4.42 Å². The van der Waals surface area contributed by atoms with Crippen LogP contribution in [0.2, 0.25) is 0 Å². The first-order chi connectivity index (χ1) is 10.5. The maximum Gasteiger partial charge on any atom is 0.118 e. The van der Waals surface area contributed by atoms with E-state index in [1.54, 1.807) is 0 Å². The van der Waals surface area contributed by atoms with Crippen molar-refractivity contribution in [3.63, 3.8) is 0 Å². The topological polar surface area (TPSA) is 19.6 Å². The van der Waals surface area contributed by atoms with Crippen LogP contribution in [0.3, 0.4) is 0 Å². The Labute approximate surface area is 133 Å². The van der Waals surface area contributed by atoms with Crippen LogP contribution in [-0.2, 0) is 6.54 Å². The standard InChI is InChI=1S/C19H26N2O/c1-14-5-6-19(16(3)11-14)21-9-7-20(8-10-21)13-18-12-15(2)17(4)22-18/h5-6,11-12H,7-10,13H2,1-4H3. The van der Waals surface area contributed by atoms with Crippen molar-refractivity contribution in [1.82, 2.24) is 4.90 Å². The third-order valence-electron chi connectivity index (χ3n) is 4.66. The Bertz CT molecular complexity index is 632. The summed E-state index contributed by atoms with van der Waals surface area (Å²) in [6.07, 6.45) is 0. The first kappa shape index (κ1) is 15.2. The summed E-state index contributed by atoms with van der Waals surface area (Å²) in [5.41, 5.74) is 5.35. The normalized spacial score (nSPS) is 16.3. The second kappa shape index (κ2) is 6.17. The van der Waals surface area contributed by atoms with Crippen LogP contribution >= 0.6 is 0 Å². The van der Waals surface area contributed by atoms with Crippen LogP contribution in [0.5, 0.6) is 0 Å². The zero-order valence-electron chi connectivity index (χ0n) is 14.1. The Morgan fingerprint density at radius 1 is 0.909 bits per heavy atom. The molecule has 1 aliphatic heterocycles. The summed E-state index contributed by atoms with van der Waals surface area (Å²) >= 11 is 0. The molecule has 1 fully saturated rings. The number of hydrogen-bond acceptors (Lipinski definition) is 3. The summed E-state index contributed by atoms with van der Waals surface area (Å²) < 4.78 is 5.81. The minimum absolute atomic E-state index is 0.926. The highest BCUT2D eigenvalue weighted by Gasteiger charge is 2.19. The van der Waals surface area contributed by atoms with Gasteiger partial charge in [0.25, 0.3) is 0 Å². The molecule has 1 aromatic heterocycles. The van der Waals surface area contributed by atoms with Gasteiger partial charge in [-0.1, -0.05) is 17.7 Å². The molecule has 0 radical (unpaired) electrons. The van der Waals surface area contributed by atoms with Crippen LogP contribution in [-0.4, -0.2) is 31.1 Å². The second-order valence-corrected chi connectivity index (χ2v) is 6.51. The average molecular weight is 298 g/mol. The maximum absolute atomic E-state index is 5.81. The van der Waals surface area contributed by atoms with Crippen LogP contribution in [0.4, 0.5) is 5.69 Å². The van der Waals surface area contributed by atoms with E-state index < -0.39 is 0 Å². The third kappa shape index (κ3) is 3.20. The van der Waals surface area contributed by atoms with Gasteiger partial charge in [0, 0.05) is 31.9 Å². The molecule has 0 N–H and O–H groups in total. The minimum Gasteiger partial charge on any atom is -0.465 e. The minimum atomic E-state index is 0.926. The van der Waals surface area contributed by atoms with Crippen molar-refractivity contribution in [1.29, 1.82) is 0 Å². The van der Waals surface area contributed by atoms with Crippen molar-refractivity contribution in [2.75, 3.05) is 31.1 Å². The predicted octanol–water partition coefficient (Wildman–Crippen LogP) is 3.84. The number of benzene rings is 1. The quantitative estimate of drug-likeness (QED) is 0.858. The van der Waals surface area contributed by atoms with E-state index in [1.165, 1.54) is 22.4 Å². The molecule has 2 heterocycles. The van der Waals surface area contributed by atoms with Crippen LogP contribution in [0.1, 0.15) is 28.2 Å². The fraction of sp³-hybridized carbons (Fsp3) is 0.474. The first-order valence-corrected chi connectivity index (χ1v) is 8.13. The summed E-state index contributed by atoms with van der Waals surface area (Å²) in [4.78, 5) is 4.99. The highest BCUT2D eigenvalue weighted by molar-refractivity contribution is 5.54. The molecular formula is C19H26N2O. The van der Waals surface area contributed by atoms with Crippen LogP contribution < -0.4 is 4.90 Å². The molecular weight excluding hydrogens is 272 g/mol. The van der Waals surface area contributed by atoms with E-state index in [9.17, 15) is 0 Å². The van der Waals surface area contributed by atoms with Gasteiger partial charge < -0.3 is 9.32 Å². The summed E-state index contributed by atoms with van der Waals surface area (Å²) in [5.74, 6) is 2.14. The molecule has 2 aromatic rings. The number of nitrogens with zero attached hydrogens (tertiary/aromatic N) is 2. The number of aryl methyl sites for hydroxylation is 4. The van der Waals surface area contributed by atoms with Crippen LogP contribution in [0.15, 0.2) is 28.7 Å². The lowest BCUT2D eigenvalue weighted by Crippen LogP contribution is -2.46. The Kier molecular flexibility index (Phi) is 4.25. The molecule has 0 aliphatic carbocycles. The van der Waals surface area contributed by atoms with E-state index in [4.69, 9.17) is 4.42 Å². The van der Waals surface area contributed by atoms with Crippen LogP contribution in [0.25, 0.3) is 0 Å². The molecule has 118 valence electrons. The van der Waals surface area contributed by atoms with E-state index in [0.717, 1.165) is 44.2 Å². The zero-order chi connectivity index (χ0) is 15.7. The van der Waals surface area contributed by atoms with Gasteiger partial charge in [-0.15, -0.1) is 0 Å². The Balaban J connectivity index is 1.60. The molecule has 0 spiro atoms. The molecule has 0 bridgehead atoms. The highest BCUT2D eigenvalue weighted by Crippen LogP contribution is 2.23. The second-order valence-electron chi connectivity index (χ2n) is 6.51. The fourth-order valence-corrected chi connectivity index (χ4v) is 3.26. The molecule has 3 rings (SSSR count). The molecule has 0 unspecified atom stereocenters. The van der Waals surface area contributed by atoms with Gasteiger partial charge in [0.15, 0.2) is 0 Å². The maximum atomic E-state index is 5.81. The number of hydrogen-bond donors (Lipinski definition) is 0. The van der Waals surface area contributed by atoms with Crippen LogP contribution in [0, 0.1) is 27.7 Å². The lowest BCUT2D eigenvalue weighted by atomic mass is 10.1. The number of piperazine rings is 1. The molecule has 0 amide bonds. The van der Waals surface area contributed by atoms with Crippen molar-refractivity contribution in [2.24, 2.45) is 0 Å². The Hall–Kier alpha value is -1.74. The van der Waals surface area contributed by atoms with Gasteiger partial charge in [0.2, 0.25) is 0 Å². The molecule has 22 heavy (non-hydrogen) atoms. The summed E-state index contributed by atoms with van der Waals surface area (Å²) in [5, 5.41) is 0. The van der Waals surface area contributed by atoms with Gasteiger partial charge in [0.05, 0.1) is 6.54 Å². The average Bonchev–Trinajstić information content (AvgIpc) is 2.78. The Morgan fingerprint density at radius 3 is 2.23 bits per heavy atom. The number of rotatable bonds is 3. The van der Waals surface area contributed by atoms with Crippen molar-refractivity contribution in [3.8, 4) is 0 Å². The zero-order valence-corrected chi connectivity index (χ0v) is 14.1. The largest absolute Gasteiger partial charge is 0.465 e. The smallest absolute Gasteiger partial charge is 0.118 e. The first-order valence-electron chi connectivity index (χ1n) is 8.13. The monoisotopic (exact) mass is 298 g/mol. The molecule has 1 saturated heterocycles. The van der Waals surface area contributed by atoms with Crippen molar-refractivity contribution in [3.05, 3.63) is 52.5 Å². The van der Waals surface area contributed by atoms with Crippen molar-refractivity contribution >= 4 is 5.69 Å². The molecule has 1 aliphatic rings. The molecule has 0 saturated carbocycles. The lowest BCUT2D eigenvalue weighted by molar-refractivity contribution is 0.229. The number of anilines is 1. The SMILES string of the molecule is Cc1ccc(N2CCN(Cc3cc(C)c(C)o3)CC2)c(C)c1. The van der Waals surface area contributed by atoms with Gasteiger partial charge in [-0.25, -0.2) is 0 Å². The van der Waals surface area contributed by atoms with E-state index in [-0.39, 0.29) is 0 Å². The summed E-state index contributed by atoms with van der Waals surface area (Å²) in [7, 11) is 0. The highest BCUT2D eigenvalue weighted by atomic mass is 16.3. The van der Waals surface area contributed by atoms with Gasteiger partial charge in [0.1, 0.15) is 11.5 Å². The molecule has 1 aromatic carbocycles. The molecule has 0 atom stereocenters. The summed E-state index contributed by atoms with van der Waals surface area (Å²) in [6, 6.07) is 8.92. The van der Waals surface area contributed by atoms with Gasteiger partial charge in [-0.05, 0) is 51.0 Å². The lowest BCUT2D eigenvalue weighted by Gasteiger charge is -2.36. The third-order valence-corrected chi connectivity index (χ3v) is 4.66. The van der Waals surface area contributed by atoms with E-state index >= 15 is 0 Å². The van der Waals surface area contributed by atoms with E-state index in [2.05, 4.69) is 54.8 Å². The fourth-order valence-electron chi connectivity index (χ4n) is 3.26. The molecule has 3 heteroatoms. The van der Waals surface area contributed by atoms with Gasteiger partial charge in [-0.3, -0.25) is 4.90 Å².